The molecule has 90 valence electrons. The molecule has 0 saturated heterocycles. The molecule has 2 N–H and O–H groups in total. The Morgan fingerprint density at radius 1 is 1.29 bits per heavy atom. The van der Waals surface area contributed by atoms with Gasteiger partial charge < -0.3 is 15.4 Å². The second-order valence-corrected chi connectivity index (χ2v) is 3.77. The topological polar surface area (TPSA) is 90.0 Å². The number of hydrogen-bond acceptors (Lipinski definition) is 7. The summed E-state index contributed by atoms with van der Waals surface area (Å²) >= 11 is 0. The summed E-state index contributed by atoms with van der Waals surface area (Å²) in [4.78, 5) is 18.6. The Balaban J connectivity index is 2.64. The van der Waals surface area contributed by atoms with Gasteiger partial charge in [-0.3, -0.25) is 0 Å². The highest BCUT2D eigenvalue weighted by Gasteiger charge is 2.11. The van der Waals surface area contributed by atoms with E-state index in [1.165, 1.54) is 0 Å². The van der Waals surface area contributed by atoms with Gasteiger partial charge in [0.25, 0.3) is 0 Å². The quantitative estimate of drug-likeness (QED) is 0.812. The van der Waals surface area contributed by atoms with Crippen molar-refractivity contribution in [1.82, 2.24) is 19.9 Å². The Morgan fingerprint density at radius 2 is 2.06 bits per heavy atom. The lowest BCUT2D eigenvalue weighted by molar-refractivity contribution is 0.181. The summed E-state index contributed by atoms with van der Waals surface area (Å²) in [6.07, 6.45) is 1.62. The summed E-state index contributed by atoms with van der Waals surface area (Å²) in [5.74, 6) is 0.841. The third-order valence-corrected chi connectivity index (χ3v) is 2.17. The van der Waals surface area contributed by atoms with E-state index in [0.717, 1.165) is 5.69 Å². The van der Waals surface area contributed by atoms with Crippen molar-refractivity contribution in [1.29, 1.82) is 0 Å². The molecule has 0 radical (unpaired) electrons. The lowest BCUT2D eigenvalue weighted by Crippen LogP contribution is -2.14. The number of methoxy groups -OCH3 is 1. The largest absolute Gasteiger partial charge is 0.378 e. The number of aromatic nitrogens is 4. The first-order valence-electron chi connectivity index (χ1n) is 5.07. The zero-order chi connectivity index (χ0) is 12.4. The van der Waals surface area contributed by atoms with E-state index in [2.05, 4.69) is 19.9 Å². The van der Waals surface area contributed by atoms with Crippen LogP contribution < -0.4 is 10.6 Å². The highest BCUT2D eigenvalue weighted by Crippen LogP contribution is 2.19. The van der Waals surface area contributed by atoms with Crippen LogP contribution >= 0.6 is 0 Å². The van der Waals surface area contributed by atoms with Gasteiger partial charge in [0, 0.05) is 21.2 Å². The van der Waals surface area contributed by atoms with Gasteiger partial charge in [-0.25, -0.2) is 9.97 Å². The minimum atomic E-state index is 0.190. The monoisotopic (exact) mass is 234 g/mol. The summed E-state index contributed by atoms with van der Waals surface area (Å²) in [7, 11) is 5.34. The Labute approximate surface area is 98.7 Å². The summed E-state index contributed by atoms with van der Waals surface area (Å²) < 4.78 is 5.02. The van der Waals surface area contributed by atoms with Gasteiger partial charge in [-0.1, -0.05) is 0 Å². The van der Waals surface area contributed by atoms with E-state index in [0.29, 0.717) is 23.6 Å². The number of ether oxygens (including phenoxy) is 1. The molecule has 0 aliphatic heterocycles. The molecule has 0 fully saturated rings. The molecule has 7 nitrogen and oxygen atoms in total. The van der Waals surface area contributed by atoms with Crippen LogP contribution in [-0.4, -0.2) is 41.1 Å². The standard InChI is InChI=1S/C10H14N6O/c1-16(2)9-7-8(14-10(11)15-9)12-4-6(13-7)5-17-3/h4H,5H2,1-3H3,(H2,11,12,14,15). The first-order chi connectivity index (χ1) is 8.11. The zero-order valence-electron chi connectivity index (χ0n) is 10.0. The maximum atomic E-state index is 5.62. The van der Waals surface area contributed by atoms with E-state index in [-0.39, 0.29) is 5.95 Å². The van der Waals surface area contributed by atoms with Gasteiger partial charge in [0.2, 0.25) is 5.95 Å². The van der Waals surface area contributed by atoms with Crippen LogP contribution in [0.1, 0.15) is 5.69 Å². The van der Waals surface area contributed by atoms with Crippen molar-refractivity contribution < 1.29 is 4.74 Å². The molecule has 0 aliphatic rings. The van der Waals surface area contributed by atoms with E-state index in [1.54, 1.807) is 13.3 Å². The van der Waals surface area contributed by atoms with Crippen LogP contribution in [0.3, 0.4) is 0 Å². The highest BCUT2D eigenvalue weighted by atomic mass is 16.5. The van der Waals surface area contributed by atoms with Crippen molar-refractivity contribution in [3.05, 3.63) is 11.9 Å². The maximum Gasteiger partial charge on any atom is 0.224 e. The number of anilines is 2. The summed E-state index contributed by atoms with van der Waals surface area (Å²) in [6, 6.07) is 0. The fourth-order valence-electron chi connectivity index (χ4n) is 1.48. The Bertz CT molecular complexity index is 542. The van der Waals surface area contributed by atoms with Crippen LogP contribution in [0, 0.1) is 0 Å². The van der Waals surface area contributed by atoms with Crippen molar-refractivity contribution in [2.45, 2.75) is 6.61 Å². The number of hydrogen-bond donors (Lipinski definition) is 1. The number of fused-ring (bicyclic) bond motifs is 1. The van der Waals surface area contributed by atoms with E-state index in [4.69, 9.17) is 10.5 Å². The molecular formula is C10H14N6O. The molecule has 7 heteroatoms. The van der Waals surface area contributed by atoms with E-state index in [9.17, 15) is 0 Å². The minimum Gasteiger partial charge on any atom is -0.378 e. The van der Waals surface area contributed by atoms with Crippen LogP contribution in [-0.2, 0) is 11.3 Å². The van der Waals surface area contributed by atoms with Crippen molar-refractivity contribution >= 4 is 22.9 Å². The lowest BCUT2D eigenvalue weighted by Gasteiger charge is -2.13. The number of nitrogens with two attached hydrogens (primary N) is 1. The molecule has 0 aromatic carbocycles. The Kier molecular flexibility index (Phi) is 3.01. The van der Waals surface area contributed by atoms with Gasteiger partial charge in [-0.2, -0.15) is 9.97 Å². The van der Waals surface area contributed by atoms with Gasteiger partial charge in [-0.15, -0.1) is 0 Å². The van der Waals surface area contributed by atoms with Gasteiger partial charge in [0.05, 0.1) is 18.5 Å². The van der Waals surface area contributed by atoms with Crippen molar-refractivity contribution in [3.8, 4) is 0 Å². The van der Waals surface area contributed by atoms with Gasteiger partial charge >= 0.3 is 0 Å². The van der Waals surface area contributed by atoms with E-state index < -0.39 is 0 Å². The molecule has 0 saturated carbocycles. The molecular weight excluding hydrogens is 220 g/mol. The first kappa shape index (κ1) is 11.5. The molecule has 17 heavy (non-hydrogen) atoms. The van der Waals surface area contributed by atoms with Gasteiger partial charge in [-0.05, 0) is 0 Å². The van der Waals surface area contributed by atoms with Crippen molar-refractivity contribution in [2.24, 2.45) is 0 Å². The van der Waals surface area contributed by atoms with Crippen molar-refractivity contribution in [2.75, 3.05) is 31.8 Å². The lowest BCUT2D eigenvalue weighted by atomic mass is 10.4. The van der Waals surface area contributed by atoms with Crippen LogP contribution in [0.5, 0.6) is 0 Å². The predicted octanol–water partition coefficient (Wildman–Crippen LogP) is 0.214. The second kappa shape index (κ2) is 4.46. The molecule has 0 atom stereocenters. The summed E-state index contributed by atoms with van der Waals surface area (Å²) in [5.41, 5.74) is 7.46. The molecule has 2 rings (SSSR count). The molecule has 2 heterocycles. The number of rotatable bonds is 3. The average molecular weight is 234 g/mol. The molecule has 0 aliphatic carbocycles. The summed E-state index contributed by atoms with van der Waals surface area (Å²) in [6.45, 7) is 0.403. The fraction of sp³-hybridized carbons (Fsp3) is 0.400. The zero-order valence-corrected chi connectivity index (χ0v) is 10.0. The maximum absolute atomic E-state index is 5.62. The molecule has 2 aromatic heterocycles. The fourth-order valence-corrected chi connectivity index (χ4v) is 1.48. The smallest absolute Gasteiger partial charge is 0.224 e. The predicted molar refractivity (Wildman–Crippen MR) is 64.6 cm³/mol. The summed E-state index contributed by atoms with van der Waals surface area (Å²) in [5, 5.41) is 0. The number of nitrogens with zero attached hydrogens (tertiary/aromatic N) is 5. The third-order valence-electron chi connectivity index (χ3n) is 2.17. The molecule has 2 aromatic rings. The van der Waals surface area contributed by atoms with Crippen molar-refractivity contribution in [3.63, 3.8) is 0 Å². The van der Waals surface area contributed by atoms with Crippen LogP contribution in [0.15, 0.2) is 6.20 Å². The van der Waals surface area contributed by atoms with E-state index in [1.807, 2.05) is 19.0 Å². The Morgan fingerprint density at radius 3 is 2.71 bits per heavy atom. The molecule has 0 spiro atoms. The van der Waals surface area contributed by atoms with Crippen LogP contribution in [0.25, 0.3) is 11.2 Å². The van der Waals surface area contributed by atoms with Gasteiger partial charge in [0.15, 0.2) is 17.0 Å². The molecule has 0 bridgehead atoms. The first-order valence-corrected chi connectivity index (χ1v) is 5.07. The second-order valence-electron chi connectivity index (χ2n) is 3.77. The normalized spacial score (nSPS) is 10.8. The minimum absolute atomic E-state index is 0.190. The van der Waals surface area contributed by atoms with Gasteiger partial charge in [0.1, 0.15) is 0 Å². The molecule has 0 unspecified atom stereocenters. The third kappa shape index (κ3) is 2.23. The Hall–Kier alpha value is -2.02. The van der Waals surface area contributed by atoms with E-state index >= 15 is 0 Å². The SMILES string of the molecule is COCc1cnc2nc(N)nc(N(C)C)c2n1. The average Bonchev–Trinajstić information content (AvgIpc) is 2.28. The number of nitrogen functional groups attached to an aromatic ring is 1. The van der Waals surface area contributed by atoms with Crippen LogP contribution in [0.2, 0.25) is 0 Å². The molecule has 0 amide bonds. The van der Waals surface area contributed by atoms with Crippen LogP contribution in [0.4, 0.5) is 11.8 Å². The highest BCUT2D eigenvalue weighted by molar-refractivity contribution is 5.83.